The molecule has 1 aliphatic heterocycles. The number of aliphatic hydroxyl groups excluding tert-OH is 1. The van der Waals surface area contributed by atoms with Gasteiger partial charge in [0.15, 0.2) is 0 Å². The van der Waals surface area contributed by atoms with Gasteiger partial charge in [0, 0.05) is 30.4 Å². The Balaban J connectivity index is 1.39. The highest BCUT2D eigenvalue weighted by atomic mass is 32.2. The molecule has 48 heavy (non-hydrogen) atoms. The topological polar surface area (TPSA) is 145 Å². The van der Waals surface area contributed by atoms with E-state index < -0.39 is 30.7 Å². The fraction of sp³-hybridized carbons (Fsp3) is 0.457. The number of amides is 4. The van der Waals surface area contributed by atoms with Crippen LogP contribution in [0, 0.1) is 0 Å². The van der Waals surface area contributed by atoms with Crippen molar-refractivity contribution in [3.63, 3.8) is 0 Å². The van der Waals surface area contributed by atoms with Crippen LogP contribution in [-0.4, -0.2) is 88.8 Å². The molecule has 0 radical (unpaired) electrons. The van der Waals surface area contributed by atoms with Crippen LogP contribution in [0.15, 0.2) is 71.0 Å². The van der Waals surface area contributed by atoms with Gasteiger partial charge in [-0.05, 0) is 36.8 Å². The Morgan fingerprint density at radius 3 is 2.12 bits per heavy atom. The number of urea groups is 1. The zero-order valence-electron chi connectivity index (χ0n) is 27.7. The van der Waals surface area contributed by atoms with Crippen LogP contribution < -0.4 is 16.0 Å². The fourth-order valence-electron chi connectivity index (χ4n) is 5.18. The highest BCUT2D eigenvalue weighted by molar-refractivity contribution is 8.12. The summed E-state index contributed by atoms with van der Waals surface area (Å²) >= 11 is 3.10. The van der Waals surface area contributed by atoms with Gasteiger partial charge in [-0.2, -0.15) is 0 Å². The van der Waals surface area contributed by atoms with Crippen LogP contribution in [0.5, 0.6) is 0 Å². The first-order valence-corrected chi connectivity index (χ1v) is 18.0. The maximum absolute atomic E-state index is 13.5. The van der Waals surface area contributed by atoms with Crippen molar-refractivity contribution >= 4 is 46.7 Å². The predicted octanol–water partition coefficient (Wildman–Crippen LogP) is 4.76. The van der Waals surface area contributed by atoms with E-state index in [1.807, 2.05) is 66.0 Å². The molecule has 4 rings (SSSR count). The second-order valence-corrected chi connectivity index (χ2v) is 14.2. The quantitative estimate of drug-likeness (QED) is 0.160. The number of hydrogen-bond donors (Lipinski definition) is 4. The molecule has 0 saturated carbocycles. The lowest BCUT2D eigenvalue weighted by atomic mass is 9.96. The molecule has 0 bridgehead atoms. The second-order valence-electron chi connectivity index (χ2n) is 12.2. The van der Waals surface area contributed by atoms with E-state index >= 15 is 0 Å². The van der Waals surface area contributed by atoms with E-state index in [1.54, 1.807) is 35.7 Å². The molecule has 3 aromatic rings. The summed E-state index contributed by atoms with van der Waals surface area (Å²) in [7, 11) is 1.62. The zero-order valence-corrected chi connectivity index (χ0v) is 29.3. The van der Waals surface area contributed by atoms with Crippen LogP contribution in [0.1, 0.15) is 54.4 Å². The molecule has 2 heterocycles. The van der Waals surface area contributed by atoms with Crippen molar-refractivity contribution in [2.24, 2.45) is 4.99 Å². The Hall–Kier alpha value is -3.94. The molecule has 0 aliphatic carbocycles. The Labute approximate surface area is 291 Å². The van der Waals surface area contributed by atoms with Crippen molar-refractivity contribution in [3.8, 4) is 0 Å². The summed E-state index contributed by atoms with van der Waals surface area (Å²) in [4.78, 5) is 49.5. The molecule has 1 aromatic heterocycles. The van der Waals surface area contributed by atoms with Gasteiger partial charge in [0.2, 0.25) is 5.91 Å². The first-order chi connectivity index (χ1) is 23.2. The molecule has 1 aliphatic rings. The molecule has 11 nitrogen and oxygen atoms in total. The van der Waals surface area contributed by atoms with Gasteiger partial charge in [-0.25, -0.2) is 14.6 Å². The van der Waals surface area contributed by atoms with Crippen LogP contribution >= 0.6 is 23.1 Å². The van der Waals surface area contributed by atoms with Crippen molar-refractivity contribution in [1.82, 2.24) is 25.8 Å². The minimum absolute atomic E-state index is 0.124. The molecule has 4 N–H and O–H groups in total. The number of alkyl carbamates (subject to hydrolysis) is 1. The average molecular weight is 695 g/mol. The van der Waals surface area contributed by atoms with E-state index in [9.17, 15) is 19.5 Å². The predicted molar refractivity (Wildman–Crippen MR) is 192 cm³/mol. The van der Waals surface area contributed by atoms with Crippen LogP contribution in [0.4, 0.5) is 9.59 Å². The van der Waals surface area contributed by atoms with Crippen molar-refractivity contribution in [2.45, 2.75) is 75.4 Å². The molecular formula is C35H46N6O5S2. The summed E-state index contributed by atoms with van der Waals surface area (Å²) in [6.07, 6.45) is 1.70. The molecule has 0 spiro atoms. The molecular weight excluding hydrogens is 649 g/mol. The summed E-state index contributed by atoms with van der Waals surface area (Å²) in [5, 5.41) is 21.9. The molecule has 13 heteroatoms. The summed E-state index contributed by atoms with van der Waals surface area (Å²) in [6.45, 7) is 4.74. The van der Waals surface area contributed by atoms with Crippen molar-refractivity contribution in [3.05, 3.63) is 87.9 Å². The molecule has 0 fully saturated rings. The average Bonchev–Trinajstić information content (AvgIpc) is 3.79. The summed E-state index contributed by atoms with van der Waals surface area (Å²) in [5.74, 6) is -0.192. The Kier molecular flexibility index (Phi) is 14.7. The number of hydrogen-bond acceptors (Lipinski definition) is 9. The number of ether oxygens (including phenoxy) is 1. The number of aromatic nitrogens is 1. The van der Waals surface area contributed by atoms with Crippen LogP contribution in [0.2, 0.25) is 0 Å². The smallest absolute Gasteiger partial charge is 0.407 e. The lowest BCUT2D eigenvalue weighted by molar-refractivity contribution is -0.124. The Morgan fingerprint density at radius 1 is 0.958 bits per heavy atom. The van der Waals surface area contributed by atoms with Gasteiger partial charge in [-0.3, -0.25) is 9.79 Å². The number of thiazole rings is 1. The lowest BCUT2D eigenvalue weighted by Gasteiger charge is -2.26. The van der Waals surface area contributed by atoms with Crippen molar-refractivity contribution in [2.75, 3.05) is 26.8 Å². The van der Waals surface area contributed by atoms with E-state index in [0.717, 1.165) is 21.8 Å². The molecule has 4 amide bonds. The van der Waals surface area contributed by atoms with E-state index in [-0.39, 0.29) is 30.5 Å². The maximum Gasteiger partial charge on any atom is 0.407 e. The summed E-state index contributed by atoms with van der Waals surface area (Å²) in [6, 6.07) is 17.5. The van der Waals surface area contributed by atoms with Gasteiger partial charge in [-0.1, -0.05) is 74.5 Å². The van der Waals surface area contributed by atoms with Crippen LogP contribution in [-0.2, 0) is 28.9 Å². The number of nitrogens with one attached hydrogen (secondary N) is 3. The third-order valence-electron chi connectivity index (χ3n) is 7.83. The van der Waals surface area contributed by atoms with E-state index in [2.05, 4.69) is 39.8 Å². The third kappa shape index (κ3) is 12.3. The maximum atomic E-state index is 13.5. The lowest BCUT2D eigenvalue weighted by Crippen LogP contribution is -2.54. The second kappa shape index (κ2) is 19.2. The van der Waals surface area contributed by atoms with Gasteiger partial charge in [-0.15, -0.1) is 23.1 Å². The summed E-state index contributed by atoms with van der Waals surface area (Å²) in [5.41, 5.74) is 4.64. The standard InChI is InChI=1S/C35H46N6O5S2/c1-24(2)33-38-29(22-47-33)19-41(3)34(44)40-31(20-42)32(43)37-27(16-25-10-6-4-7-11-25)14-15-28(17-26-12-8-5-9-13-26)39-35(45)46-21-30-18-36-23-48-30/h4-13,22-24,27-28,30-31,42H,14-21H2,1-3H3,(H,37,43)(H,39,45)(H,40,44). The van der Waals surface area contributed by atoms with Crippen molar-refractivity contribution in [1.29, 1.82) is 0 Å². The van der Waals surface area contributed by atoms with Crippen LogP contribution in [0.25, 0.3) is 0 Å². The van der Waals surface area contributed by atoms with Gasteiger partial charge in [0.05, 0.1) is 41.2 Å². The van der Waals surface area contributed by atoms with E-state index in [0.29, 0.717) is 38.1 Å². The van der Waals surface area contributed by atoms with Gasteiger partial charge >= 0.3 is 12.1 Å². The van der Waals surface area contributed by atoms with E-state index in [4.69, 9.17) is 4.74 Å². The normalized spacial score (nSPS) is 15.8. The minimum Gasteiger partial charge on any atom is -0.448 e. The van der Waals surface area contributed by atoms with E-state index in [1.165, 1.54) is 4.90 Å². The van der Waals surface area contributed by atoms with Gasteiger partial charge < -0.3 is 30.7 Å². The highest BCUT2D eigenvalue weighted by Crippen LogP contribution is 2.20. The number of rotatable bonds is 17. The third-order valence-corrected chi connectivity index (χ3v) is 9.96. The van der Waals surface area contributed by atoms with Crippen LogP contribution in [0.3, 0.4) is 0 Å². The molecule has 4 atom stereocenters. The number of carbonyl (C=O) groups is 3. The SMILES string of the molecule is CC(C)c1nc(CN(C)C(=O)NC(CO)C(=O)NC(CCC(Cc2ccccc2)NC(=O)OCC2CN=CS2)Cc2ccccc2)cs1. The number of benzene rings is 2. The zero-order chi connectivity index (χ0) is 34.3. The first kappa shape index (κ1) is 36.9. The number of aliphatic imine (C=N–C) groups is 1. The number of aliphatic hydroxyl groups is 1. The highest BCUT2D eigenvalue weighted by Gasteiger charge is 2.26. The Morgan fingerprint density at radius 2 is 1.58 bits per heavy atom. The fourth-order valence-corrected chi connectivity index (χ4v) is 6.67. The van der Waals surface area contributed by atoms with Crippen molar-refractivity contribution < 1.29 is 24.2 Å². The molecule has 4 unspecified atom stereocenters. The minimum atomic E-state index is -1.15. The molecule has 258 valence electrons. The summed E-state index contributed by atoms with van der Waals surface area (Å²) < 4.78 is 5.52. The number of thioether (sulfide) groups is 1. The first-order valence-electron chi connectivity index (χ1n) is 16.2. The monoisotopic (exact) mass is 694 g/mol. The van der Waals surface area contributed by atoms with Gasteiger partial charge in [0.25, 0.3) is 0 Å². The number of carbonyl (C=O) groups excluding carboxylic acids is 3. The largest absolute Gasteiger partial charge is 0.448 e. The molecule has 2 aromatic carbocycles. The van der Waals surface area contributed by atoms with Gasteiger partial charge in [0.1, 0.15) is 12.6 Å². The molecule has 0 saturated heterocycles. The Bertz CT molecular complexity index is 1460. The number of nitrogens with zero attached hydrogens (tertiary/aromatic N) is 3.